The SMILES string of the molecule is CCCNc1cc(Nc2ccc(C#N)cc2Br)nc(N)n1. The Hall–Kier alpha value is -2.33. The zero-order valence-corrected chi connectivity index (χ0v) is 13.1. The first-order valence-corrected chi connectivity index (χ1v) is 7.26. The van der Waals surface area contributed by atoms with Gasteiger partial charge in [0.15, 0.2) is 0 Å². The van der Waals surface area contributed by atoms with Crippen molar-refractivity contribution in [3.8, 4) is 6.07 Å². The molecule has 0 saturated heterocycles. The number of halogens is 1. The number of benzene rings is 1. The first-order valence-electron chi connectivity index (χ1n) is 6.47. The third-order valence-corrected chi connectivity index (χ3v) is 3.32. The summed E-state index contributed by atoms with van der Waals surface area (Å²) >= 11 is 3.42. The fourth-order valence-electron chi connectivity index (χ4n) is 1.70. The molecule has 0 aliphatic carbocycles. The molecule has 0 aliphatic heterocycles. The van der Waals surface area contributed by atoms with Gasteiger partial charge in [0.2, 0.25) is 5.95 Å². The van der Waals surface area contributed by atoms with Gasteiger partial charge in [-0.25, -0.2) is 0 Å². The van der Waals surface area contributed by atoms with Crippen molar-refractivity contribution in [2.75, 3.05) is 22.9 Å². The fraction of sp³-hybridized carbons (Fsp3) is 0.214. The smallest absolute Gasteiger partial charge is 0.223 e. The molecule has 1 aromatic carbocycles. The van der Waals surface area contributed by atoms with Gasteiger partial charge >= 0.3 is 0 Å². The summed E-state index contributed by atoms with van der Waals surface area (Å²) in [5, 5.41) is 15.2. The molecule has 7 heteroatoms. The molecule has 0 atom stereocenters. The number of nitrogen functional groups attached to an aromatic ring is 1. The minimum Gasteiger partial charge on any atom is -0.370 e. The van der Waals surface area contributed by atoms with Gasteiger partial charge < -0.3 is 16.4 Å². The number of hydrogen-bond donors (Lipinski definition) is 3. The highest BCUT2D eigenvalue weighted by molar-refractivity contribution is 9.10. The number of rotatable bonds is 5. The molecule has 0 unspecified atom stereocenters. The maximum Gasteiger partial charge on any atom is 0.223 e. The summed E-state index contributed by atoms with van der Waals surface area (Å²) in [5.41, 5.74) is 7.09. The van der Waals surface area contributed by atoms with Crippen LogP contribution in [0.4, 0.5) is 23.3 Å². The molecule has 2 rings (SSSR count). The standard InChI is InChI=1S/C14H15BrN6/c1-2-5-18-12-7-13(21-14(17)20-12)19-11-4-3-9(8-16)6-10(11)15/h3-4,6-7H,2,5H2,1H3,(H4,17,18,19,20,21). The van der Waals surface area contributed by atoms with E-state index in [1.54, 1.807) is 24.3 Å². The summed E-state index contributed by atoms with van der Waals surface area (Å²) in [6.07, 6.45) is 0.994. The first kappa shape index (κ1) is 15.1. The van der Waals surface area contributed by atoms with E-state index in [0.29, 0.717) is 17.2 Å². The van der Waals surface area contributed by atoms with Gasteiger partial charge in [0, 0.05) is 17.1 Å². The summed E-state index contributed by atoms with van der Waals surface area (Å²) in [6.45, 7) is 2.89. The van der Waals surface area contributed by atoms with Crippen molar-refractivity contribution in [1.29, 1.82) is 5.26 Å². The van der Waals surface area contributed by atoms with E-state index in [2.05, 4.69) is 49.5 Å². The lowest BCUT2D eigenvalue weighted by atomic mass is 10.2. The molecule has 0 bridgehead atoms. The van der Waals surface area contributed by atoms with Gasteiger partial charge in [0.25, 0.3) is 0 Å². The number of nitrogens with two attached hydrogens (primary N) is 1. The predicted molar refractivity (Wildman–Crippen MR) is 87.4 cm³/mol. The van der Waals surface area contributed by atoms with E-state index in [-0.39, 0.29) is 5.95 Å². The molecule has 0 aliphatic rings. The van der Waals surface area contributed by atoms with Crippen LogP contribution in [0.2, 0.25) is 0 Å². The number of nitrogens with zero attached hydrogens (tertiary/aromatic N) is 3. The molecule has 1 heterocycles. The number of hydrogen-bond acceptors (Lipinski definition) is 6. The van der Waals surface area contributed by atoms with Gasteiger partial charge in [0.1, 0.15) is 11.6 Å². The van der Waals surface area contributed by atoms with Crippen LogP contribution in [0.25, 0.3) is 0 Å². The molecular formula is C14H15BrN6. The quantitative estimate of drug-likeness (QED) is 0.768. The van der Waals surface area contributed by atoms with Crippen LogP contribution in [-0.2, 0) is 0 Å². The van der Waals surface area contributed by atoms with E-state index in [4.69, 9.17) is 11.0 Å². The average molecular weight is 347 g/mol. The Kier molecular flexibility index (Phi) is 4.95. The van der Waals surface area contributed by atoms with E-state index < -0.39 is 0 Å². The third kappa shape index (κ3) is 4.07. The van der Waals surface area contributed by atoms with Gasteiger partial charge in [-0.05, 0) is 40.5 Å². The zero-order valence-electron chi connectivity index (χ0n) is 11.5. The van der Waals surface area contributed by atoms with Gasteiger partial charge in [-0.15, -0.1) is 0 Å². The van der Waals surface area contributed by atoms with Gasteiger partial charge in [-0.2, -0.15) is 15.2 Å². The summed E-state index contributed by atoms with van der Waals surface area (Å²) in [7, 11) is 0. The number of nitrogens with one attached hydrogen (secondary N) is 2. The van der Waals surface area contributed by atoms with Gasteiger partial charge in [-0.3, -0.25) is 0 Å². The van der Waals surface area contributed by atoms with Crippen LogP contribution in [0.5, 0.6) is 0 Å². The predicted octanol–water partition coefficient (Wildman–Crippen LogP) is 3.26. The summed E-state index contributed by atoms with van der Waals surface area (Å²) < 4.78 is 0.779. The van der Waals surface area contributed by atoms with Crippen molar-refractivity contribution in [2.24, 2.45) is 0 Å². The normalized spacial score (nSPS) is 9.95. The molecular weight excluding hydrogens is 332 g/mol. The van der Waals surface area contributed by atoms with Crippen LogP contribution >= 0.6 is 15.9 Å². The van der Waals surface area contributed by atoms with Crippen LogP contribution in [0.15, 0.2) is 28.7 Å². The monoisotopic (exact) mass is 346 g/mol. The van der Waals surface area contributed by atoms with Crippen molar-refractivity contribution in [2.45, 2.75) is 13.3 Å². The lowest BCUT2D eigenvalue weighted by Crippen LogP contribution is -2.07. The maximum absolute atomic E-state index is 8.86. The Balaban J connectivity index is 2.23. The maximum atomic E-state index is 8.86. The Morgan fingerprint density at radius 2 is 2.05 bits per heavy atom. The molecule has 6 nitrogen and oxygen atoms in total. The molecule has 4 N–H and O–H groups in total. The Labute approximate surface area is 131 Å². The summed E-state index contributed by atoms with van der Waals surface area (Å²) in [6, 6.07) is 9.15. The topological polar surface area (TPSA) is 99.6 Å². The summed E-state index contributed by atoms with van der Waals surface area (Å²) in [4.78, 5) is 8.27. The molecule has 1 aromatic heterocycles. The van der Waals surface area contributed by atoms with Crippen LogP contribution in [0.3, 0.4) is 0 Å². The van der Waals surface area contributed by atoms with Crippen molar-refractivity contribution in [3.05, 3.63) is 34.3 Å². The molecule has 0 amide bonds. The lowest BCUT2D eigenvalue weighted by molar-refractivity contribution is 0.967. The van der Waals surface area contributed by atoms with E-state index in [0.717, 1.165) is 23.1 Å². The van der Waals surface area contributed by atoms with Crippen molar-refractivity contribution in [3.63, 3.8) is 0 Å². The summed E-state index contributed by atoms with van der Waals surface area (Å²) in [5.74, 6) is 1.46. The van der Waals surface area contributed by atoms with Crippen molar-refractivity contribution >= 4 is 39.2 Å². The van der Waals surface area contributed by atoms with Crippen molar-refractivity contribution < 1.29 is 0 Å². The minimum atomic E-state index is 0.198. The molecule has 2 aromatic rings. The Morgan fingerprint density at radius 1 is 1.29 bits per heavy atom. The minimum absolute atomic E-state index is 0.198. The zero-order chi connectivity index (χ0) is 15.2. The highest BCUT2D eigenvalue weighted by atomic mass is 79.9. The molecule has 0 fully saturated rings. The first-order chi connectivity index (χ1) is 10.1. The highest BCUT2D eigenvalue weighted by Gasteiger charge is 2.06. The largest absolute Gasteiger partial charge is 0.370 e. The Bertz CT molecular complexity index is 680. The van der Waals surface area contributed by atoms with Gasteiger partial charge in [0.05, 0.1) is 17.3 Å². The van der Waals surface area contributed by atoms with Crippen LogP contribution in [0.1, 0.15) is 18.9 Å². The second kappa shape index (κ2) is 6.90. The fourth-order valence-corrected chi connectivity index (χ4v) is 2.18. The molecule has 108 valence electrons. The van der Waals surface area contributed by atoms with E-state index in [1.165, 1.54) is 0 Å². The second-order valence-electron chi connectivity index (χ2n) is 4.35. The molecule has 0 radical (unpaired) electrons. The second-order valence-corrected chi connectivity index (χ2v) is 5.21. The third-order valence-electron chi connectivity index (χ3n) is 2.66. The van der Waals surface area contributed by atoms with Crippen LogP contribution < -0.4 is 16.4 Å². The molecule has 21 heavy (non-hydrogen) atoms. The highest BCUT2D eigenvalue weighted by Crippen LogP contribution is 2.27. The van der Waals surface area contributed by atoms with Crippen LogP contribution in [0, 0.1) is 11.3 Å². The lowest BCUT2D eigenvalue weighted by Gasteiger charge is -2.11. The molecule has 0 spiro atoms. The number of nitriles is 1. The van der Waals surface area contributed by atoms with E-state index in [9.17, 15) is 0 Å². The molecule has 0 saturated carbocycles. The van der Waals surface area contributed by atoms with Crippen molar-refractivity contribution in [1.82, 2.24) is 9.97 Å². The Morgan fingerprint density at radius 3 is 2.71 bits per heavy atom. The number of anilines is 4. The number of aromatic nitrogens is 2. The van der Waals surface area contributed by atoms with E-state index >= 15 is 0 Å². The van der Waals surface area contributed by atoms with Gasteiger partial charge in [-0.1, -0.05) is 6.92 Å². The van der Waals surface area contributed by atoms with E-state index in [1.807, 2.05) is 0 Å². The average Bonchev–Trinajstić information content (AvgIpc) is 2.46. The van der Waals surface area contributed by atoms with Crippen LogP contribution in [-0.4, -0.2) is 16.5 Å².